The Hall–Kier alpha value is -2.61. The lowest BCUT2D eigenvalue weighted by atomic mass is 10.2. The molecule has 0 fully saturated rings. The van der Waals surface area contributed by atoms with Gasteiger partial charge in [-0.25, -0.2) is 4.79 Å². The van der Waals surface area contributed by atoms with E-state index in [4.69, 9.17) is 4.42 Å². The molecule has 0 bridgehead atoms. The molecule has 0 amide bonds. The zero-order valence-electron chi connectivity index (χ0n) is 12.5. The minimum Gasteiger partial charge on any atom is -0.457 e. The number of hydrogen-bond donors (Lipinski definition) is 1. The van der Waals surface area contributed by atoms with Crippen molar-refractivity contribution in [3.05, 3.63) is 74.6 Å². The summed E-state index contributed by atoms with van der Waals surface area (Å²) in [6.07, 6.45) is -1.91. The summed E-state index contributed by atoms with van der Waals surface area (Å²) in [5, 5.41) is 0. The van der Waals surface area contributed by atoms with Crippen molar-refractivity contribution in [1.29, 1.82) is 0 Å². The Labute approximate surface area is 148 Å². The van der Waals surface area contributed by atoms with Crippen molar-refractivity contribution in [3.8, 4) is 11.3 Å². The Bertz CT molecular complexity index is 973. The number of halogens is 4. The van der Waals surface area contributed by atoms with Gasteiger partial charge in [0.1, 0.15) is 17.2 Å². The monoisotopic (exact) mass is 410 g/mol. The molecule has 0 unspecified atom stereocenters. The second-order valence-electron chi connectivity index (χ2n) is 5.06. The zero-order valence-corrected chi connectivity index (χ0v) is 14.1. The number of alkyl halides is 3. The first-order valence-corrected chi connectivity index (χ1v) is 7.83. The maximum absolute atomic E-state index is 12.7. The lowest BCUT2D eigenvalue weighted by molar-refractivity contribution is -0.141. The van der Waals surface area contributed by atoms with Crippen molar-refractivity contribution >= 4 is 28.1 Å². The van der Waals surface area contributed by atoms with Gasteiger partial charge in [0, 0.05) is 10.0 Å². The lowest BCUT2D eigenvalue weighted by Gasteiger charge is -2.05. The molecular formula is C17H10BrF3N2O2. The third kappa shape index (κ3) is 4.27. The molecule has 8 heteroatoms. The number of nitrogens with zero attached hydrogens (tertiary/aromatic N) is 1. The fourth-order valence-corrected chi connectivity index (χ4v) is 2.36. The quantitative estimate of drug-likeness (QED) is 0.662. The number of hydrogen-bond acceptors (Lipinski definition) is 3. The van der Waals surface area contributed by atoms with Gasteiger partial charge in [0.2, 0.25) is 0 Å². The van der Waals surface area contributed by atoms with Gasteiger partial charge in [0.25, 0.3) is 0 Å². The summed E-state index contributed by atoms with van der Waals surface area (Å²) in [5.41, 5.74) is -1.47. The van der Waals surface area contributed by atoms with Crippen LogP contribution in [-0.4, -0.2) is 9.97 Å². The Kier molecular flexibility index (Phi) is 4.63. The van der Waals surface area contributed by atoms with E-state index in [0.29, 0.717) is 11.5 Å². The Balaban J connectivity index is 1.85. The van der Waals surface area contributed by atoms with Crippen LogP contribution < -0.4 is 5.69 Å². The van der Waals surface area contributed by atoms with Crippen LogP contribution >= 0.6 is 15.9 Å². The molecule has 0 aliphatic carbocycles. The largest absolute Gasteiger partial charge is 0.457 e. The van der Waals surface area contributed by atoms with Crippen molar-refractivity contribution in [2.24, 2.45) is 0 Å². The molecule has 1 aromatic carbocycles. The van der Waals surface area contributed by atoms with Gasteiger partial charge in [-0.1, -0.05) is 28.1 Å². The molecule has 2 aromatic heterocycles. The van der Waals surface area contributed by atoms with Crippen LogP contribution in [0.25, 0.3) is 23.5 Å². The van der Waals surface area contributed by atoms with Crippen molar-refractivity contribution in [1.82, 2.24) is 9.97 Å². The van der Waals surface area contributed by atoms with E-state index in [1.54, 1.807) is 17.1 Å². The molecule has 0 saturated heterocycles. The maximum atomic E-state index is 12.7. The lowest BCUT2D eigenvalue weighted by Crippen LogP contribution is -2.19. The molecule has 4 nitrogen and oxygen atoms in total. The van der Waals surface area contributed by atoms with Crippen molar-refractivity contribution in [3.63, 3.8) is 0 Å². The molecule has 0 radical (unpaired) electrons. The fraction of sp³-hybridized carbons (Fsp3) is 0.0588. The average Bonchev–Trinajstić information content (AvgIpc) is 3.01. The predicted octanol–water partition coefficient (Wildman–Crippen LogP) is 4.98. The van der Waals surface area contributed by atoms with Crippen molar-refractivity contribution in [2.45, 2.75) is 6.18 Å². The van der Waals surface area contributed by atoms with Gasteiger partial charge in [-0.2, -0.15) is 18.2 Å². The summed E-state index contributed by atoms with van der Waals surface area (Å²) in [7, 11) is 0. The van der Waals surface area contributed by atoms with Crippen LogP contribution in [0.4, 0.5) is 13.2 Å². The summed E-state index contributed by atoms with van der Waals surface area (Å²) in [4.78, 5) is 16.4. The minimum absolute atomic E-state index is 0.113. The van der Waals surface area contributed by atoms with Crippen LogP contribution in [-0.2, 0) is 6.18 Å². The van der Waals surface area contributed by atoms with Gasteiger partial charge in [-0.15, -0.1) is 0 Å². The van der Waals surface area contributed by atoms with Gasteiger partial charge in [-0.3, -0.25) is 0 Å². The molecule has 128 valence electrons. The van der Waals surface area contributed by atoms with Gasteiger partial charge < -0.3 is 9.40 Å². The van der Waals surface area contributed by atoms with E-state index in [-0.39, 0.29) is 5.69 Å². The fourth-order valence-electron chi connectivity index (χ4n) is 2.09. The molecule has 3 aromatic rings. The van der Waals surface area contributed by atoms with Gasteiger partial charge in [0.15, 0.2) is 0 Å². The van der Waals surface area contributed by atoms with Crippen LogP contribution in [0.3, 0.4) is 0 Å². The first kappa shape index (κ1) is 17.2. The number of nitrogens with one attached hydrogen (secondary N) is 1. The van der Waals surface area contributed by atoms with Crippen LogP contribution in [0.15, 0.2) is 56.1 Å². The van der Waals surface area contributed by atoms with Gasteiger partial charge >= 0.3 is 11.9 Å². The summed E-state index contributed by atoms with van der Waals surface area (Å²) in [6, 6.07) is 11.6. The summed E-state index contributed by atoms with van der Waals surface area (Å²) in [6.45, 7) is 0. The third-order valence-electron chi connectivity index (χ3n) is 3.24. The van der Waals surface area contributed by atoms with E-state index >= 15 is 0 Å². The first-order chi connectivity index (χ1) is 11.8. The van der Waals surface area contributed by atoms with E-state index in [0.717, 1.165) is 16.1 Å². The summed E-state index contributed by atoms with van der Waals surface area (Å²) < 4.78 is 44.6. The van der Waals surface area contributed by atoms with E-state index in [9.17, 15) is 18.0 Å². The summed E-state index contributed by atoms with van der Waals surface area (Å²) >= 11 is 3.34. The SMILES string of the molecule is O=c1nc(C=Cc2ccc(-c3ccc(Br)cc3)o2)cc(C(F)(F)F)[nH]1. The van der Waals surface area contributed by atoms with E-state index in [2.05, 4.69) is 20.9 Å². The molecular weight excluding hydrogens is 401 g/mol. The second-order valence-corrected chi connectivity index (χ2v) is 5.98. The van der Waals surface area contributed by atoms with Crippen LogP contribution in [0.5, 0.6) is 0 Å². The second kappa shape index (κ2) is 6.72. The van der Waals surface area contributed by atoms with Crippen LogP contribution in [0.1, 0.15) is 17.1 Å². The molecule has 0 saturated carbocycles. The van der Waals surface area contributed by atoms with Crippen LogP contribution in [0, 0.1) is 0 Å². The number of benzene rings is 1. The normalized spacial score (nSPS) is 12.0. The molecule has 2 heterocycles. The maximum Gasteiger partial charge on any atom is 0.431 e. The number of aromatic amines is 1. The Morgan fingerprint density at radius 1 is 1.08 bits per heavy atom. The first-order valence-electron chi connectivity index (χ1n) is 7.04. The third-order valence-corrected chi connectivity index (χ3v) is 3.77. The molecule has 0 spiro atoms. The van der Waals surface area contributed by atoms with E-state index in [1.165, 1.54) is 12.2 Å². The topological polar surface area (TPSA) is 58.9 Å². The minimum atomic E-state index is -4.65. The smallest absolute Gasteiger partial charge is 0.431 e. The average molecular weight is 411 g/mol. The molecule has 0 aliphatic heterocycles. The molecule has 0 atom stereocenters. The highest BCUT2D eigenvalue weighted by Gasteiger charge is 2.32. The van der Waals surface area contributed by atoms with Gasteiger partial charge in [0.05, 0.1) is 5.69 Å². The standard InChI is InChI=1S/C17H10BrF3N2O2/c18-11-3-1-10(2-4-11)14-8-7-13(25-14)6-5-12-9-15(17(19,20)21)23-16(24)22-12/h1-9H,(H,22,23,24). The van der Waals surface area contributed by atoms with Crippen LogP contribution in [0.2, 0.25) is 0 Å². The van der Waals surface area contributed by atoms with Crippen molar-refractivity contribution in [2.75, 3.05) is 0 Å². The van der Waals surface area contributed by atoms with Gasteiger partial charge in [-0.05, 0) is 42.5 Å². The highest BCUT2D eigenvalue weighted by atomic mass is 79.9. The number of H-pyrrole nitrogens is 1. The van der Waals surface area contributed by atoms with E-state index < -0.39 is 17.6 Å². The molecule has 25 heavy (non-hydrogen) atoms. The molecule has 0 aliphatic rings. The number of aromatic nitrogens is 2. The van der Waals surface area contributed by atoms with Crippen molar-refractivity contribution < 1.29 is 17.6 Å². The Morgan fingerprint density at radius 3 is 2.48 bits per heavy atom. The zero-order chi connectivity index (χ0) is 18.0. The number of furan rings is 1. The summed E-state index contributed by atoms with van der Waals surface area (Å²) in [5.74, 6) is 1.04. The highest BCUT2D eigenvalue weighted by molar-refractivity contribution is 9.10. The molecule has 3 rings (SSSR count). The highest BCUT2D eigenvalue weighted by Crippen LogP contribution is 2.27. The number of rotatable bonds is 3. The predicted molar refractivity (Wildman–Crippen MR) is 90.6 cm³/mol. The molecule has 1 N–H and O–H groups in total. The Morgan fingerprint density at radius 2 is 1.80 bits per heavy atom. The van der Waals surface area contributed by atoms with E-state index in [1.807, 2.05) is 24.3 Å².